The van der Waals surface area contributed by atoms with Crippen LogP contribution >= 0.6 is 12.2 Å². The van der Waals surface area contributed by atoms with E-state index >= 15 is 0 Å². The molecule has 7 heteroatoms. The Labute approximate surface area is 171 Å². The summed E-state index contributed by atoms with van der Waals surface area (Å²) in [6.45, 7) is 12.9. The van der Waals surface area contributed by atoms with Gasteiger partial charge in [-0.3, -0.25) is 4.79 Å². The van der Waals surface area contributed by atoms with Crippen LogP contribution in [-0.2, 0) is 11.3 Å². The van der Waals surface area contributed by atoms with Gasteiger partial charge in [-0.15, -0.1) is 0 Å². The molecule has 6 nitrogen and oxygen atoms in total. The van der Waals surface area contributed by atoms with Crippen molar-refractivity contribution < 1.29 is 9.64 Å². The molecule has 2 aromatic rings. The maximum absolute atomic E-state index is 12.7. The number of ether oxygens (including phenoxy) is 1. The fourth-order valence-electron chi connectivity index (χ4n) is 3.77. The van der Waals surface area contributed by atoms with E-state index in [1.807, 2.05) is 19.9 Å². The molecule has 0 atom stereocenters. The van der Waals surface area contributed by atoms with E-state index in [4.69, 9.17) is 17.0 Å². The lowest BCUT2D eigenvalue weighted by atomic mass is 10.1. The van der Waals surface area contributed by atoms with Crippen molar-refractivity contribution in [2.24, 2.45) is 0 Å². The van der Waals surface area contributed by atoms with Gasteiger partial charge < -0.3 is 24.8 Å². The number of H-pyrrole nitrogens is 1. The van der Waals surface area contributed by atoms with E-state index in [1.54, 1.807) is 0 Å². The van der Waals surface area contributed by atoms with Crippen LogP contribution in [0.2, 0.25) is 0 Å². The van der Waals surface area contributed by atoms with Crippen molar-refractivity contribution in [1.29, 1.82) is 0 Å². The van der Waals surface area contributed by atoms with E-state index in [0.29, 0.717) is 11.7 Å². The zero-order valence-electron chi connectivity index (χ0n) is 17.1. The molecule has 28 heavy (non-hydrogen) atoms. The number of pyridine rings is 1. The molecule has 1 fully saturated rings. The maximum Gasteiger partial charge on any atom is 0.253 e. The number of rotatable bonds is 6. The second-order valence-electron chi connectivity index (χ2n) is 7.54. The molecule has 0 radical (unpaired) electrons. The zero-order valence-corrected chi connectivity index (χ0v) is 17.9. The summed E-state index contributed by atoms with van der Waals surface area (Å²) >= 11 is 5.59. The van der Waals surface area contributed by atoms with Gasteiger partial charge in [0.15, 0.2) is 5.11 Å². The van der Waals surface area contributed by atoms with Crippen molar-refractivity contribution in [2.45, 2.75) is 27.3 Å². The van der Waals surface area contributed by atoms with E-state index < -0.39 is 0 Å². The molecule has 152 valence electrons. The summed E-state index contributed by atoms with van der Waals surface area (Å²) in [6, 6.07) is 6.22. The van der Waals surface area contributed by atoms with Crippen LogP contribution in [-0.4, -0.2) is 60.9 Å². The van der Waals surface area contributed by atoms with E-state index in [0.717, 1.165) is 68.0 Å². The molecular weight excluding hydrogens is 372 g/mol. The Hall–Kier alpha value is -1.96. The fourth-order valence-corrected chi connectivity index (χ4v) is 4.07. The second kappa shape index (κ2) is 9.49. The third-order valence-corrected chi connectivity index (χ3v) is 5.68. The zero-order chi connectivity index (χ0) is 20.1. The van der Waals surface area contributed by atoms with Crippen LogP contribution in [0.4, 0.5) is 0 Å². The quantitative estimate of drug-likeness (QED) is 0.622. The van der Waals surface area contributed by atoms with Crippen LogP contribution in [0.15, 0.2) is 23.0 Å². The summed E-state index contributed by atoms with van der Waals surface area (Å²) in [7, 11) is 0. The van der Waals surface area contributed by atoms with E-state index in [-0.39, 0.29) is 5.56 Å². The number of thiocarbonyl (C=S) groups is 1. The Morgan fingerprint density at radius 1 is 1.29 bits per heavy atom. The normalized spacial score (nSPS) is 15.0. The van der Waals surface area contributed by atoms with E-state index in [9.17, 15) is 4.79 Å². The number of nitrogens with zero attached hydrogens (tertiary/aromatic N) is 1. The summed E-state index contributed by atoms with van der Waals surface area (Å²) in [5, 5.41) is 5.01. The number of benzene rings is 1. The Bertz CT molecular complexity index is 890. The molecule has 3 N–H and O–H groups in total. The maximum atomic E-state index is 12.7. The summed E-state index contributed by atoms with van der Waals surface area (Å²) in [4.78, 5) is 19.4. The van der Waals surface area contributed by atoms with Gasteiger partial charge in [-0.1, -0.05) is 11.6 Å². The Morgan fingerprint density at radius 3 is 2.75 bits per heavy atom. The molecule has 1 aliphatic rings. The highest BCUT2D eigenvalue weighted by atomic mass is 32.1. The Morgan fingerprint density at radius 2 is 2.04 bits per heavy atom. The number of hydrogen-bond acceptors (Lipinski definition) is 3. The molecule has 0 bridgehead atoms. The number of morpholine rings is 1. The number of aromatic amines is 1. The monoisotopic (exact) mass is 403 g/mol. The van der Waals surface area contributed by atoms with E-state index in [1.165, 1.54) is 10.5 Å². The number of fused-ring (bicyclic) bond motifs is 1. The first-order valence-electron chi connectivity index (χ1n) is 10.0. The van der Waals surface area contributed by atoms with Crippen LogP contribution in [0, 0.1) is 13.8 Å². The van der Waals surface area contributed by atoms with Gasteiger partial charge >= 0.3 is 0 Å². The second-order valence-corrected chi connectivity index (χ2v) is 7.93. The van der Waals surface area contributed by atoms with Gasteiger partial charge in [0.25, 0.3) is 5.56 Å². The summed E-state index contributed by atoms with van der Waals surface area (Å²) in [6.07, 6.45) is 0. The number of aryl methyl sites for hydroxylation is 2. The first-order chi connectivity index (χ1) is 13.5. The molecule has 1 aromatic carbocycles. The topological polar surface area (TPSA) is 61.8 Å². The molecule has 0 aliphatic carbocycles. The highest BCUT2D eigenvalue weighted by molar-refractivity contribution is 7.80. The molecular formula is C21H31N4O2S+. The van der Waals surface area contributed by atoms with E-state index in [2.05, 4.69) is 34.3 Å². The lowest BCUT2D eigenvalue weighted by Crippen LogP contribution is -3.14. The van der Waals surface area contributed by atoms with Crippen LogP contribution in [0.25, 0.3) is 10.9 Å². The van der Waals surface area contributed by atoms with Crippen LogP contribution in [0.1, 0.15) is 23.6 Å². The Kier molecular flexibility index (Phi) is 7.04. The van der Waals surface area contributed by atoms with Gasteiger partial charge in [-0.25, -0.2) is 0 Å². The van der Waals surface area contributed by atoms with Crippen LogP contribution in [0.3, 0.4) is 0 Å². The third kappa shape index (κ3) is 5.10. The average molecular weight is 404 g/mol. The smallest absolute Gasteiger partial charge is 0.253 e. The standard InChI is InChI=1S/C21H30N4O2S/c1-4-22-21(28)25(6-5-24-7-9-27-10-8-24)14-18-13-17-12-15(2)11-16(3)19(17)23-20(18)26/h11-13H,4-10,14H2,1-3H3,(H,22,28)(H,23,26)/p+1. The number of nitrogens with one attached hydrogen (secondary N) is 3. The number of quaternary nitrogens is 1. The van der Waals surface area contributed by atoms with Crippen molar-refractivity contribution in [3.8, 4) is 0 Å². The van der Waals surface area contributed by atoms with Crippen molar-refractivity contribution in [3.63, 3.8) is 0 Å². The Balaban J connectivity index is 1.81. The van der Waals surface area contributed by atoms with Crippen molar-refractivity contribution >= 4 is 28.2 Å². The fraction of sp³-hybridized carbons (Fsp3) is 0.524. The van der Waals surface area contributed by atoms with Gasteiger partial charge in [0.1, 0.15) is 13.1 Å². The van der Waals surface area contributed by atoms with Gasteiger partial charge in [0, 0.05) is 12.1 Å². The van der Waals surface area contributed by atoms with Crippen LogP contribution in [0.5, 0.6) is 0 Å². The summed E-state index contributed by atoms with van der Waals surface area (Å²) in [5.41, 5.74) is 3.91. The summed E-state index contributed by atoms with van der Waals surface area (Å²) in [5.74, 6) is 0. The highest BCUT2D eigenvalue weighted by Gasteiger charge is 2.18. The molecule has 0 saturated carbocycles. The van der Waals surface area contributed by atoms with Gasteiger partial charge in [-0.05, 0) is 56.1 Å². The van der Waals surface area contributed by atoms with Gasteiger partial charge in [0.05, 0.1) is 38.4 Å². The molecule has 1 saturated heterocycles. The molecule has 0 unspecified atom stereocenters. The minimum atomic E-state index is -0.0394. The number of hydrogen-bond donors (Lipinski definition) is 3. The lowest BCUT2D eigenvalue weighted by molar-refractivity contribution is -0.907. The molecule has 1 aromatic heterocycles. The van der Waals surface area contributed by atoms with Gasteiger partial charge in [-0.2, -0.15) is 0 Å². The van der Waals surface area contributed by atoms with Crippen molar-refractivity contribution in [1.82, 2.24) is 15.2 Å². The largest absolute Gasteiger partial charge is 0.370 e. The molecule has 1 aliphatic heterocycles. The lowest BCUT2D eigenvalue weighted by Gasteiger charge is -2.29. The number of aromatic nitrogens is 1. The molecule has 3 rings (SSSR count). The van der Waals surface area contributed by atoms with Gasteiger partial charge in [0.2, 0.25) is 0 Å². The first-order valence-corrected chi connectivity index (χ1v) is 10.5. The molecule has 2 heterocycles. The highest BCUT2D eigenvalue weighted by Crippen LogP contribution is 2.18. The van der Waals surface area contributed by atoms with Crippen molar-refractivity contribution in [3.05, 3.63) is 45.2 Å². The minimum absolute atomic E-state index is 0.0394. The predicted octanol–water partition coefficient (Wildman–Crippen LogP) is 0.756. The predicted molar refractivity (Wildman–Crippen MR) is 117 cm³/mol. The minimum Gasteiger partial charge on any atom is -0.370 e. The van der Waals surface area contributed by atoms with Crippen LogP contribution < -0.4 is 15.8 Å². The summed E-state index contributed by atoms with van der Waals surface area (Å²) < 4.78 is 5.45. The first kappa shape index (κ1) is 20.8. The molecule has 0 amide bonds. The average Bonchev–Trinajstić information content (AvgIpc) is 2.67. The third-order valence-electron chi connectivity index (χ3n) is 5.28. The SMILES string of the molecule is CCNC(=S)N(CC[NH+]1CCOCC1)Cc1cc2cc(C)cc(C)c2[nH]c1=O. The molecule has 0 spiro atoms. The van der Waals surface area contributed by atoms with Crippen molar-refractivity contribution in [2.75, 3.05) is 45.9 Å².